The number of carbonyl (C=O) groups is 1. The lowest BCUT2D eigenvalue weighted by Gasteiger charge is -2.34. The van der Waals surface area contributed by atoms with Gasteiger partial charge in [0.2, 0.25) is 0 Å². The molecule has 0 bridgehead atoms. The summed E-state index contributed by atoms with van der Waals surface area (Å²) >= 11 is 0. The second-order valence-corrected chi connectivity index (χ2v) is 10.5. The Kier molecular flexibility index (Phi) is 5.89. The highest BCUT2D eigenvalue weighted by atomic mass is 16.5. The number of nitrogens with one attached hydrogen (secondary N) is 1. The van der Waals surface area contributed by atoms with Gasteiger partial charge >= 0.3 is 6.03 Å². The van der Waals surface area contributed by atoms with Gasteiger partial charge in [0.25, 0.3) is 0 Å². The maximum Gasteiger partial charge on any atom is 0.320 e. The van der Waals surface area contributed by atoms with Crippen LogP contribution in [0.25, 0.3) is 34.2 Å². The number of ether oxygens (including phenoxy) is 1. The van der Waals surface area contributed by atoms with Crippen molar-refractivity contribution in [2.45, 2.75) is 33.2 Å². The molecule has 0 saturated carbocycles. The van der Waals surface area contributed by atoms with E-state index in [9.17, 15) is 4.79 Å². The minimum absolute atomic E-state index is 0.0861. The van der Waals surface area contributed by atoms with Crippen LogP contribution in [0.2, 0.25) is 0 Å². The fourth-order valence-electron chi connectivity index (χ4n) is 5.61. The van der Waals surface area contributed by atoms with Gasteiger partial charge in [-0.1, -0.05) is 6.07 Å². The van der Waals surface area contributed by atoms with E-state index in [-0.39, 0.29) is 6.03 Å². The van der Waals surface area contributed by atoms with Crippen molar-refractivity contribution >= 4 is 6.03 Å². The molecule has 0 aromatic carbocycles. The predicted octanol–water partition coefficient (Wildman–Crippen LogP) is 2.92. The van der Waals surface area contributed by atoms with E-state index in [4.69, 9.17) is 19.7 Å². The molecule has 39 heavy (non-hydrogen) atoms. The van der Waals surface area contributed by atoms with Crippen LogP contribution in [0, 0.1) is 6.92 Å². The van der Waals surface area contributed by atoms with Crippen LogP contribution in [0.15, 0.2) is 36.5 Å². The van der Waals surface area contributed by atoms with Crippen LogP contribution in [0.4, 0.5) is 4.79 Å². The molecule has 0 radical (unpaired) electrons. The van der Waals surface area contributed by atoms with Gasteiger partial charge < -0.3 is 29.0 Å². The summed E-state index contributed by atoms with van der Waals surface area (Å²) in [4.78, 5) is 41.7. The van der Waals surface area contributed by atoms with Crippen molar-refractivity contribution in [2.75, 3.05) is 39.8 Å². The zero-order valence-corrected chi connectivity index (χ0v) is 22.2. The summed E-state index contributed by atoms with van der Waals surface area (Å²) in [5.74, 6) is 1.61. The van der Waals surface area contributed by atoms with E-state index in [1.807, 2.05) is 47.2 Å². The van der Waals surface area contributed by atoms with Crippen molar-refractivity contribution in [1.29, 1.82) is 0 Å². The lowest BCUT2D eigenvalue weighted by atomic mass is 10.1. The maximum absolute atomic E-state index is 13.0. The first-order valence-electron chi connectivity index (χ1n) is 13.4. The Morgan fingerprint density at radius 2 is 1.85 bits per heavy atom. The van der Waals surface area contributed by atoms with Gasteiger partial charge in [-0.3, -0.25) is 9.97 Å². The Balaban J connectivity index is 1.18. The van der Waals surface area contributed by atoms with Gasteiger partial charge in [0.1, 0.15) is 23.8 Å². The summed E-state index contributed by atoms with van der Waals surface area (Å²) in [6.45, 7) is 8.22. The van der Waals surface area contributed by atoms with Crippen molar-refractivity contribution in [3.8, 4) is 34.2 Å². The first-order valence-corrected chi connectivity index (χ1v) is 13.4. The number of H-pyrrole nitrogens is 1. The number of aryl methyl sites for hydroxylation is 1. The Labute approximate surface area is 226 Å². The molecule has 4 aromatic rings. The SMILES string of the molecule is Cc1cccc(-c2nc3n(c2-c2ccnc(-c4nc5c([nH]4)CN(C(=O)N4CCN(C)CC4)C5)c2)CCOC3)n1. The molecule has 0 spiro atoms. The molecule has 1 saturated heterocycles. The molecule has 7 rings (SSSR count). The quantitative estimate of drug-likeness (QED) is 0.438. The molecule has 11 heteroatoms. The van der Waals surface area contributed by atoms with E-state index in [2.05, 4.69) is 32.5 Å². The lowest BCUT2D eigenvalue weighted by Crippen LogP contribution is -2.50. The van der Waals surface area contributed by atoms with Gasteiger partial charge in [-0.15, -0.1) is 0 Å². The lowest BCUT2D eigenvalue weighted by molar-refractivity contribution is 0.0822. The molecular formula is C28H31N9O2. The second kappa shape index (κ2) is 9.58. The predicted molar refractivity (Wildman–Crippen MR) is 144 cm³/mol. The fraction of sp³-hybridized carbons (Fsp3) is 0.393. The zero-order chi connectivity index (χ0) is 26.5. The molecule has 4 aromatic heterocycles. The summed E-state index contributed by atoms with van der Waals surface area (Å²) in [7, 11) is 2.09. The third-order valence-corrected chi connectivity index (χ3v) is 7.74. The van der Waals surface area contributed by atoms with E-state index < -0.39 is 0 Å². The van der Waals surface area contributed by atoms with Crippen LogP contribution in [0.1, 0.15) is 22.9 Å². The van der Waals surface area contributed by atoms with Gasteiger partial charge in [-0.25, -0.2) is 14.8 Å². The smallest absolute Gasteiger partial charge is 0.320 e. The van der Waals surface area contributed by atoms with Gasteiger partial charge in [0, 0.05) is 50.2 Å². The molecule has 7 heterocycles. The normalized spacial score (nSPS) is 17.4. The van der Waals surface area contributed by atoms with Gasteiger partial charge in [-0.05, 0) is 38.2 Å². The Morgan fingerprint density at radius 3 is 2.67 bits per heavy atom. The fourth-order valence-corrected chi connectivity index (χ4v) is 5.61. The first-order chi connectivity index (χ1) is 19.0. The number of likely N-dealkylation sites (N-methyl/N-ethyl adjacent to an activating group) is 1. The molecular weight excluding hydrogens is 494 g/mol. The minimum atomic E-state index is 0.0861. The number of amides is 2. The topological polar surface area (TPSA) is 108 Å². The molecule has 2 amide bonds. The highest BCUT2D eigenvalue weighted by Crippen LogP contribution is 2.35. The van der Waals surface area contributed by atoms with Crippen molar-refractivity contribution < 1.29 is 9.53 Å². The highest BCUT2D eigenvalue weighted by molar-refractivity contribution is 5.79. The Morgan fingerprint density at radius 1 is 0.974 bits per heavy atom. The van der Waals surface area contributed by atoms with Crippen LogP contribution in [0.3, 0.4) is 0 Å². The van der Waals surface area contributed by atoms with Crippen LogP contribution in [-0.4, -0.2) is 90.1 Å². The van der Waals surface area contributed by atoms with Crippen LogP contribution >= 0.6 is 0 Å². The highest BCUT2D eigenvalue weighted by Gasteiger charge is 2.31. The molecule has 1 N–H and O–H groups in total. The molecule has 0 atom stereocenters. The first kappa shape index (κ1) is 24.0. The van der Waals surface area contributed by atoms with Crippen molar-refractivity contribution in [3.63, 3.8) is 0 Å². The molecule has 3 aliphatic rings. The average molecular weight is 526 g/mol. The summed E-state index contributed by atoms with van der Waals surface area (Å²) in [5.41, 5.74) is 7.28. The summed E-state index contributed by atoms with van der Waals surface area (Å²) in [6, 6.07) is 10.2. The number of imidazole rings is 2. The van der Waals surface area contributed by atoms with Gasteiger partial charge in [0.05, 0.1) is 42.5 Å². The standard InChI is InChI=1S/C28H31N9O2/c1-18-4-3-5-20(30-18)25-26(37-12-13-39-17-24(37)33-25)19-6-7-29-21(14-19)27-31-22-15-36(16-23(22)32-27)28(38)35-10-8-34(2)9-11-35/h3-7,14H,8-13,15-17H2,1-2H3,(H,31,32). The third-order valence-electron chi connectivity index (χ3n) is 7.74. The van der Waals surface area contributed by atoms with Crippen LogP contribution in [-0.2, 0) is 31.0 Å². The van der Waals surface area contributed by atoms with Crippen molar-refractivity contribution in [3.05, 3.63) is 59.4 Å². The maximum atomic E-state index is 13.0. The van der Waals surface area contributed by atoms with Crippen molar-refractivity contribution in [2.24, 2.45) is 0 Å². The minimum Gasteiger partial charge on any atom is -0.372 e. The number of hydrogen-bond donors (Lipinski definition) is 1. The molecule has 0 unspecified atom stereocenters. The Bertz CT molecular complexity index is 1530. The van der Waals surface area contributed by atoms with E-state index in [0.29, 0.717) is 32.1 Å². The Hall–Kier alpha value is -4.09. The zero-order valence-electron chi connectivity index (χ0n) is 22.2. The largest absolute Gasteiger partial charge is 0.372 e. The summed E-state index contributed by atoms with van der Waals surface area (Å²) in [6.07, 6.45) is 1.81. The van der Waals surface area contributed by atoms with E-state index in [1.165, 1.54) is 0 Å². The van der Waals surface area contributed by atoms with E-state index in [0.717, 1.165) is 84.0 Å². The third kappa shape index (κ3) is 4.37. The van der Waals surface area contributed by atoms with Gasteiger partial charge in [-0.2, -0.15) is 0 Å². The average Bonchev–Trinajstić information content (AvgIpc) is 3.65. The molecule has 200 valence electrons. The number of urea groups is 1. The number of rotatable bonds is 3. The van der Waals surface area contributed by atoms with Crippen LogP contribution in [0.5, 0.6) is 0 Å². The molecule has 3 aliphatic heterocycles. The van der Waals surface area contributed by atoms with E-state index in [1.54, 1.807) is 0 Å². The summed E-state index contributed by atoms with van der Waals surface area (Å²) < 4.78 is 7.92. The number of aromatic amines is 1. The number of carbonyl (C=O) groups excluding carboxylic acids is 1. The molecule has 1 fully saturated rings. The van der Waals surface area contributed by atoms with Crippen LogP contribution < -0.4 is 0 Å². The summed E-state index contributed by atoms with van der Waals surface area (Å²) in [5, 5.41) is 0. The molecule has 0 aliphatic carbocycles. The number of aromatic nitrogens is 6. The molecule has 11 nitrogen and oxygen atoms in total. The number of nitrogens with zero attached hydrogens (tertiary/aromatic N) is 8. The number of fused-ring (bicyclic) bond motifs is 2. The second-order valence-electron chi connectivity index (χ2n) is 10.5. The van der Waals surface area contributed by atoms with Crippen molar-refractivity contribution in [1.82, 2.24) is 44.2 Å². The number of piperazine rings is 1. The van der Waals surface area contributed by atoms with Gasteiger partial charge in [0.15, 0.2) is 5.82 Å². The van der Waals surface area contributed by atoms with E-state index >= 15 is 0 Å². The number of hydrogen-bond acceptors (Lipinski definition) is 7. The number of pyridine rings is 2. The monoisotopic (exact) mass is 525 g/mol.